The Labute approximate surface area is 297 Å². The molecule has 10 aromatic rings. The quantitative estimate of drug-likeness (QED) is 0.173. The van der Waals surface area contributed by atoms with E-state index in [1.165, 1.54) is 31.3 Å². The summed E-state index contributed by atoms with van der Waals surface area (Å²) in [5.74, 6) is 0. The average Bonchev–Trinajstić information content (AvgIpc) is 3.88. The van der Waals surface area contributed by atoms with Crippen molar-refractivity contribution in [1.29, 1.82) is 0 Å². The van der Waals surface area contributed by atoms with E-state index in [0.29, 0.717) is 0 Å². The first kappa shape index (κ1) is 29.0. The van der Waals surface area contributed by atoms with E-state index in [1.807, 2.05) is 23.5 Å². The predicted molar refractivity (Wildman–Crippen MR) is 210 cm³/mol. The van der Waals surface area contributed by atoms with Crippen molar-refractivity contribution >= 4 is 75.4 Å². The lowest BCUT2D eigenvalue weighted by atomic mass is 9.99. The normalized spacial score (nSPS) is 18.2. The zero-order valence-corrected chi connectivity index (χ0v) is 28.2. The zero-order chi connectivity index (χ0) is 33.5. The maximum atomic E-state index is 6.53. The van der Waals surface area contributed by atoms with Gasteiger partial charge < -0.3 is 8.83 Å². The Morgan fingerprint density at radius 2 is 1.14 bits per heavy atom. The lowest BCUT2D eigenvalue weighted by molar-refractivity contribution is 0.204. The molecular weight excluding hydrogens is 647 g/mol. The minimum Gasteiger partial charge on any atom is -0.456 e. The van der Waals surface area contributed by atoms with Gasteiger partial charge in [0.2, 0.25) is 0 Å². The van der Waals surface area contributed by atoms with Crippen LogP contribution in [0.15, 0.2) is 160 Å². The fourth-order valence-corrected chi connectivity index (χ4v) is 9.25. The van der Waals surface area contributed by atoms with Crippen LogP contribution in [0.5, 0.6) is 0 Å². The third kappa shape index (κ3) is 4.65. The van der Waals surface area contributed by atoms with Gasteiger partial charge in [0.25, 0.3) is 0 Å². The number of fused-ring (bicyclic) bond motifs is 9. The van der Waals surface area contributed by atoms with Crippen molar-refractivity contribution in [3.8, 4) is 11.1 Å². The Balaban J connectivity index is 1.00. The molecule has 1 aliphatic heterocycles. The van der Waals surface area contributed by atoms with Crippen molar-refractivity contribution in [2.45, 2.75) is 18.5 Å². The molecule has 3 unspecified atom stereocenters. The van der Waals surface area contributed by atoms with E-state index in [-0.39, 0.29) is 18.5 Å². The maximum absolute atomic E-state index is 6.53. The molecule has 51 heavy (non-hydrogen) atoms. The lowest BCUT2D eigenvalue weighted by Gasteiger charge is -2.39. The summed E-state index contributed by atoms with van der Waals surface area (Å²) in [5.41, 5.74) is 9.42. The molecule has 0 radical (unpaired) electrons. The largest absolute Gasteiger partial charge is 0.456 e. The summed E-state index contributed by atoms with van der Waals surface area (Å²) in [6.45, 7) is 0. The molecule has 6 heteroatoms. The van der Waals surface area contributed by atoms with E-state index in [4.69, 9.17) is 8.83 Å². The van der Waals surface area contributed by atoms with Crippen molar-refractivity contribution in [3.05, 3.63) is 168 Å². The van der Waals surface area contributed by atoms with Crippen LogP contribution in [0.4, 0.5) is 0 Å². The van der Waals surface area contributed by atoms with Gasteiger partial charge in [-0.1, -0.05) is 109 Å². The minimum atomic E-state index is -0.151. The predicted octanol–water partition coefficient (Wildman–Crippen LogP) is 11.7. The molecule has 0 spiro atoms. The van der Waals surface area contributed by atoms with Crippen molar-refractivity contribution in [2.24, 2.45) is 0 Å². The zero-order valence-electron chi connectivity index (χ0n) is 27.4. The number of furan rings is 2. The first-order chi connectivity index (χ1) is 25.2. The molecule has 3 N–H and O–H groups in total. The maximum Gasteiger partial charge on any atom is 0.136 e. The molecule has 244 valence electrons. The monoisotopic (exact) mass is 677 g/mol. The van der Waals surface area contributed by atoms with Crippen LogP contribution in [-0.4, -0.2) is 0 Å². The molecule has 0 amide bonds. The lowest BCUT2D eigenvalue weighted by Crippen LogP contribution is -2.54. The number of hydrogen-bond acceptors (Lipinski definition) is 6. The molecule has 11 rings (SSSR count). The second-order valence-corrected chi connectivity index (χ2v) is 14.4. The highest BCUT2D eigenvalue weighted by atomic mass is 32.1. The Morgan fingerprint density at radius 3 is 2.06 bits per heavy atom. The van der Waals surface area contributed by atoms with E-state index in [9.17, 15) is 0 Å². The highest BCUT2D eigenvalue weighted by Gasteiger charge is 2.31. The molecule has 0 aliphatic carbocycles. The van der Waals surface area contributed by atoms with Crippen LogP contribution >= 0.6 is 11.3 Å². The summed E-state index contributed by atoms with van der Waals surface area (Å²) in [5, 5.41) is 18.7. The van der Waals surface area contributed by atoms with Crippen LogP contribution in [0.2, 0.25) is 0 Å². The highest BCUT2D eigenvalue weighted by molar-refractivity contribution is 7.26. The molecular formula is C45H31N3O2S. The molecule has 4 heterocycles. The second kappa shape index (κ2) is 11.4. The van der Waals surface area contributed by atoms with E-state index in [0.717, 1.165) is 60.6 Å². The van der Waals surface area contributed by atoms with Crippen molar-refractivity contribution in [2.75, 3.05) is 0 Å². The van der Waals surface area contributed by atoms with Crippen LogP contribution in [-0.2, 0) is 0 Å². The van der Waals surface area contributed by atoms with Gasteiger partial charge in [-0.15, -0.1) is 11.3 Å². The van der Waals surface area contributed by atoms with Crippen LogP contribution in [0.1, 0.15) is 35.2 Å². The molecule has 1 saturated heterocycles. The standard InChI is InChI=1S/C45H31N3O2S/c1-2-10-26(11-3-1)43-46-44(48-45(47-43)34-16-9-18-38-41(34)33-13-4-6-17-36(33)49-38)28-21-23-37-35(24-28)30-22-20-27(25-39(30)50-37)29-14-8-15-32-31-12-5-7-19-40(31)51-42(29)32/h1-25,43-48H. The molecule has 1 fully saturated rings. The number of para-hydroxylation sites is 1. The van der Waals surface area contributed by atoms with E-state index >= 15 is 0 Å². The first-order valence-electron chi connectivity index (χ1n) is 17.4. The number of hydrogen-bond donors (Lipinski definition) is 3. The van der Waals surface area contributed by atoms with Crippen LogP contribution in [0.3, 0.4) is 0 Å². The number of nitrogens with one attached hydrogen (secondary N) is 3. The van der Waals surface area contributed by atoms with Gasteiger partial charge in [-0.2, -0.15) is 0 Å². The summed E-state index contributed by atoms with van der Waals surface area (Å²) in [6.07, 6.45) is -0.386. The van der Waals surface area contributed by atoms with E-state index < -0.39 is 0 Å². The fraction of sp³-hybridized carbons (Fsp3) is 0.0667. The summed E-state index contributed by atoms with van der Waals surface area (Å²) >= 11 is 1.85. The van der Waals surface area contributed by atoms with Gasteiger partial charge in [-0.05, 0) is 70.3 Å². The van der Waals surface area contributed by atoms with Gasteiger partial charge in [0.1, 0.15) is 22.3 Å². The summed E-state index contributed by atoms with van der Waals surface area (Å²) in [6, 6.07) is 53.7. The van der Waals surface area contributed by atoms with Crippen molar-refractivity contribution < 1.29 is 8.83 Å². The Hall–Kier alpha value is -5.76. The fourth-order valence-electron chi connectivity index (χ4n) is 8.01. The minimum absolute atomic E-state index is 0.0909. The summed E-state index contributed by atoms with van der Waals surface area (Å²) in [7, 11) is 0. The molecule has 5 nitrogen and oxygen atoms in total. The topological polar surface area (TPSA) is 62.4 Å². The Kier molecular flexibility index (Phi) is 6.48. The molecule has 0 bridgehead atoms. The highest BCUT2D eigenvalue weighted by Crippen LogP contribution is 2.42. The summed E-state index contributed by atoms with van der Waals surface area (Å²) < 4.78 is 15.4. The third-order valence-electron chi connectivity index (χ3n) is 10.4. The van der Waals surface area contributed by atoms with Gasteiger partial charge in [-0.3, -0.25) is 16.0 Å². The smallest absolute Gasteiger partial charge is 0.136 e. The second-order valence-electron chi connectivity index (χ2n) is 13.4. The molecule has 0 saturated carbocycles. The Morgan fingerprint density at radius 1 is 0.431 bits per heavy atom. The average molecular weight is 678 g/mol. The molecule has 7 aromatic carbocycles. The Bertz CT molecular complexity index is 2940. The van der Waals surface area contributed by atoms with Crippen molar-refractivity contribution in [1.82, 2.24) is 16.0 Å². The van der Waals surface area contributed by atoms with Crippen LogP contribution < -0.4 is 16.0 Å². The van der Waals surface area contributed by atoms with Gasteiger partial charge >= 0.3 is 0 Å². The molecule has 3 aromatic heterocycles. The van der Waals surface area contributed by atoms with Crippen LogP contribution in [0, 0.1) is 0 Å². The summed E-state index contributed by atoms with van der Waals surface area (Å²) in [4.78, 5) is 0. The third-order valence-corrected chi connectivity index (χ3v) is 11.6. The van der Waals surface area contributed by atoms with Crippen molar-refractivity contribution in [3.63, 3.8) is 0 Å². The van der Waals surface area contributed by atoms with E-state index in [1.54, 1.807) is 0 Å². The SMILES string of the molecule is c1ccc(C2NC(c3ccc4oc5cc(-c6cccc7c6sc6ccccc67)ccc5c4c3)NC(c3cccc4oc5ccccc5c34)N2)cc1. The van der Waals surface area contributed by atoms with Gasteiger partial charge in [-0.25, -0.2) is 0 Å². The number of thiophene rings is 1. The van der Waals surface area contributed by atoms with Gasteiger partial charge in [0, 0.05) is 41.7 Å². The van der Waals surface area contributed by atoms with Gasteiger partial charge in [0.05, 0.1) is 18.5 Å². The molecule has 1 aliphatic rings. The number of rotatable bonds is 4. The number of benzene rings is 7. The first-order valence-corrected chi connectivity index (χ1v) is 18.2. The van der Waals surface area contributed by atoms with Gasteiger partial charge in [0.15, 0.2) is 0 Å². The van der Waals surface area contributed by atoms with Crippen LogP contribution in [0.25, 0.3) is 75.2 Å². The van der Waals surface area contributed by atoms with E-state index in [2.05, 4.69) is 155 Å². The molecule has 3 atom stereocenters.